The van der Waals surface area contributed by atoms with Crippen LogP contribution in [-0.2, 0) is 0 Å². The van der Waals surface area contributed by atoms with Crippen LogP contribution in [0.5, 0.6) is 0 Å². The van der Waals surface area contributed by atoms with Gasteiger partial charge in [0, 0.05) is 17.5 Å². The Bertz CT molecular complexity index is 847. The summed E-state index contributed by atoms with van der Waals surface area (Å²) >= 11 is 25.7. The highest BCUT2D eigenvalue weighted by Gasteiger charge is 2.16. The van der Waals surface area contributed by atoms with Crippen molar-refractivity contribution in [2.75, 3.05) is 12.4 Å². The number of nitrogens with zero attached hydrogens (tertiary/aromatic N) is 2. The average Bonchev–Trinajstić information content (AvgIpc) is 2.77. The minimum Gasteiger partial charge on any atom is -0.373 e. The Balaban J connectivity index is 2.34. The van der Waals surface area contributed by atoms with Gasteiger partial charge in [-0.2, -0.15) is 0 Å². The fraction of sp³-hybridized carbons (Fsp3) is 0.0769. The standard InChI is InChI=1S/C13H7Cl4N3S/c1-18-12-6-2-5(14)3-8(15)10(6)19-13(20-12)7-4-9(16)21-11(7)17/h2-4H,1H3,(H,18,19,20). The number of hydrogen-bond donors (Lipinski definition) is 1. The monoisotopic (exact) mass is 377 g/mol. The lowest BCUT2D eigenvalue weighted by molar-refractivity contribution is 1.22. The number of aromatic nitrogens is 2. The fourth-order valence-electron chi connectivity index (χ4n) is 1.96. The number of fused-ring (bicyclic) bond motifs is 1. The third-order valence-corrected chi connectivity index (χ3v) is 4.85. The number of anilines is 1. The Labute approximate surface area is 144 Å². The average molecular weight is 379 g/mol. The van der Waals surface area contributed by atoms with Crippen molar-refractivity contribution in [1.29, 1.82) is 0 Å². The summed E-state index contributed by atoms with van der Waals surface area (Å²) < 4.78 is 1.11. The van der Waals surface area contributed by atoms with E-state index in [0.29, 0.717) is 41.4 Å². The van der Waals surface area contributed by atoms with E-state index in [1.807, 2.05) is 0 Å². The van der Waals surface area contributed by atoms with Crippen LogP contribution in [0.15, 0.2) is 18.2 Å². The van der Waals surface area contributed by atoms with E-state index in [0.717, 1.165) is 5.39 Å². The van der Waals surface area contributed by atoms with Gasteiger partial charge in [-0.3, -0.25) is 0 Å². The van der Waals surface area contributed by atoms with E-state index in [-0.39, 0.29) is 0 Å². The van der Waals surface area contributed by atoms with Gasteiger partial charge in [-0.1, -0.05) is 46.4 Å². The second-order valence-corrected chi connectivity index (χ2v) is 7.30. The van der Waals surface area contributed by atoms with Crippen LogP contribution >= 0.6 is 57.7 Å². The highest BCUT2D eigenvalue weighted by atomic mass is 35.5. The summed E-state index contributed by atoms with van der Waals surface area (Å²) in [5.74, 6) is 1.09. The molecule has 0 fully saturated rings. The number of rotatable bonds is 2. The van der Waals surface area contributed by atoms with Gasteiger partial charge in [0.1, 0.15) is 10.2 Å². The van der Waals surface area contributed by atoms with Gasteiger partial charge in [0.05, 0.1) is 20.4 Å². The molecule has 0 unspecified atom stereocenters. The van der Waals surface area contributed by atoms with Crippen LogP contribution in [0, 0.1) is 0 Å². The molecule has 0 amide bonds. The molecule has 3 rings (SSSR count). The summed E-state index contributed by atoms with van der Waals surface area (Å²) in [6, 6.07) is 5.14. The first kappa shape index (κ1) is 15.1. The molecular weight excluding hydrogens is 372 g/mol. The van der Waals surface area contributed by atoms with E-state index in [9.17, 15) is 0 Å². The Morgan fingerprint density at radius 2 is 1.81 bits per heavy atom. The molecule has 0 aliphatic heterocycles. The van der Waals surface area contributed by atoms with Crippen LogP contribution in [0.2, 0.25) is 18.7 Å². The van der Waals surface area contributed by atoms with Crippen molar-refractivity contribution in [3.63, 3.8) is 0 Å². The molecule has 21 heavy (non-hydrogen) atoms. The minimum absolute atomic E-state index is 0.454. The Hall–Kier alpha value is -0.780. The van der Waals surface area contributed by atoms with Crippen LogP contribution in [0.1, 0.15) is 0 Å². The van der Waals surface area contributed by atoms with Gasteiger partial charge in [-0.15, -0.1) is 11.3 Å². The molecule has 1 N–H and O–H groups in total. The Morgan fingerprint density at radius 1 is 1.05 bits per heavy atom. The number of hydrogen-bond acceptors (Lipinski definition) is 4. The van der Waals surface area contributed by atoms with E-state index in [1.165, 1.54) is 11.3 Å². The third-order valence-electron chi connectivity index (χ3n) is 2.85. The van der Waals surface area contributed by atoms with Crippen molar-refractivity contribution in [3.8, 4) is 11.4 Å². The predicted octanol–water partition coefficient (Wildman–Crippen LogP) is 6.01. The first-order valence-corrected chi connectivity index (χ1v) is 8.12. The summed E-state index contributed by atoms with van der Waals surface area (Å²) in [6.07, 6.45) is 0. The second-order valence-electron chi connectivity index (χ2n) is 4.17. The second kappa shape index (κ2) is 5.78. The van der Waals surface area contributed by atoms with Gasteiger partial charge < -0.3 is 5.32 Å². The van der Waals surface area contributed by atoms with Gasteiger partial charge in [-0.25, -0.2) is 9.97 Å². The molecule has 0 aliphatic rings. The van der Waals surface area contributed by atoms with E-state index >= 15 is 0 Å². The largest absolute Gasteiger partial charge is 0.373 e. The summed E-state index contributed by atoms with van der Waals surface area (Å²) in [5.41, 5.74) is 1.28. The number of thiophene rings is 1. The molecule has 2 heterocycles. The molecule has 3 nitrogen and oxygen atoms in total. The third kappa shape index (κ3) is 2.79. The van der Waals surface area contributed by atoms with Crippen LogP contribution in [-0.4, -0.2) is 17.0 Å². The molecule has 108 valence electrons. The molecule has 2 aromatic heterocycles. The van der Waals surface area contributed by atoms with E-state index < -0.39 is 0 Å². The van der Waals surface area contributed by atoms with Gasteiger partial charge in [0.25, 0.3) is 0 Å². The van der Waals surface area contributed by atoms with Gasteiger partial charge in [0.15, 0.2) is 5.82 Å². The first-order chi connectivity index (χ1) is 9.99. The van der Waals surface area contributed by atoms with Crippen molar-refractivity contribution in [1.82, 2.24) is 9.97 Å². The molecular formula is C13H7Cl4N3S. The molecule has 8 heteroatoms. The molecule has 0 saturated heterocycles. The smallest absolute Gasteiger partial charge is 0.164 e. The summed E-state index contributed by atoms with van der Waals surface area (Å²) in [5, 5.41) is 4.75. The zero-order chi connectivity index (χ0) is 15.1. The topological polar surface area (TPSA) is 37.8 Å². The molecule has 0 saturated carbocycles. The zero-order valence-corrected chi connectivity index (χ0v) is 14.4. The maximum atomic E-state index is 6.24. The quantitative estimate of drug-likeness (QED) is 0.592. The fourth-order valence-corrected chi connectivity index (χ4v) is 3.95. The van der Waals surface area contributed by atoms with Gasteiger partial charge >= 0.3 is 0 Å². The van der Waals surface area contributed by atoms with Gasteiger partial charge in [-0.05, 0) is 18.2 Å². The highest BCUT2D eigenvalue weighted by Crippen LogP contribution is 2.39. The normalized spacial score (nSPS) is 11.1. The summed E-state index contributed by atoms with van der Waals surface area (Å²) in [6.45, 7) is 0. The molecule has 0 radical (unpaired) electrons. The molecule has 0 bridgehead atoms. The Kier molecular flexibility index (Phi) is 4.17. The van der Waals surface area contributed by atoms with E-state index in [4.69, 9.17) is 46.4 Å². The molecule has 3 aromatic rings. The van der Waals surface area contributed by atoms with Crippen LogP contribution in [0.25, 0.3) is 22.3 Å². The summed E-state index contributed by atoms with van der Waals surface area (Å²) in [7, 11) is 1.77. The predicted molar refractivity (Wildman–Crippen MR) is 92.4 cm³/mol. The van der Waals surface area contributed by atoms with Crippen molar-refractivity contribution < 1.29 is 0 Å². The number of nitrogens with one attached hydrogen (secondary N) is 1. The van der Waals surface area contributed by atoms with Crippen molar-refractivity contribution >= 4 is 74.5 Å². The lowest BCUT2D eigenvalue weighted by Gasteiger charge is -2.09. The molecule has 0 atom stereocenters. The lowest BCUT2D eigenvalue weighted by Crippen LogP contribution is -1.99. The van der Waals surface area contributed by atoms with Crippen LogP contribution in [0.3, 0.4) is 0 Å². The number of benzene rings is 1. The van der Waals surface area contributed by atoms with Crippen LogP contribution < -0.4 is 5.32 Å². The maximum absolute atomic E-state index is 6.24. The van der Waals surface area contributed by atoms with E-state index in [2.05, 4.69) is 15.3 Å². The SMILES string of the molecule is CNc1nc(-c2cc(Cl)sc2Cl)nc2c(Cl)cc(Cl)cc12. The molecule has 0 spiro atoms. The van der Waals surface area contributed by atoms with Gasteiger partial charge in [0.2, 0.25) is 0 Å². The minimum atomic E-state index is 0.454. The summed E-state index contributed by atoms with van der Waals surface area (Å²) in [4.78, 5) is 8.96. The molecule has 1 aromatic carbocycles. The van der Waals surface area contributed by atoms with Crippen LogP contribution in [0.4, 0.5) is 5.82 Å². The van der Waals surface area contributed by atoms with Crippen molar-refractivity contribution in [3.05, 3.63) is 36.9 Å². The van der Waals surface area contributed by atoms with Crippen molar-refractivity contribution in [2.24, 2.45) is 0 Å². The molecule has 0 aliphatic carbocycles. The first-order valence-electron chi connectivity index (χ1n) is 5.79. The number of halogens is 4. The van der Waals surface area contributed by atoms with Crippen molar-refractivity contribution in [2.45, 2.75) is 0 Å². The van der Waals surface area contributed by atoms with E-state index in [1.54, 1.807) is 25.2 Å². The highest BCUT2D eigenvalue weighted by molar-refractivity contribution is 7.20. The lowest BCUT2D eigenvalue weighted by atomic mass is 10.2. The zero-order valence-electron chi connectivity index (χ0n) is 10.5. The Morgan fingerprint density at radius 3 is 2.43 bits per heavy atom. The maximum Gasteiger partial charge on any atom is 0.164 e.